The summed E-state index contributed by atoms with van der Waals surface area (Å²) >= 11 is 0. The molecule has 0 saturated heterocycles. The van der Waals surface area contributed by atoms with Gasteiger partial charge in [0.2, 0.25) is 0 Å². The molecule has 0 amide bonds. The molecule has 3 nitrogen and oxygen atoms in total. The van der Waals surface area contributed by atoms with E-state index in [4.69, 9.17) is 5.11 Å². The summed E-state index contributed by atoms with van der Waals surface area (Å²) in [5.41, 5.74) is 2.31. The Balaban J connectivity index is 2.14. The molecular formula is C13H14FNO2. The first kappa shape index (κ1) is 11.6. The molecule has 0 radical (unpaired) electrons. The number of fused-ring (bicyclic) bond motifs is 1. The first-order valence-electron chi connectivity index (χ1n) is 5.51. The van der Waals surface area contributed by atoms with Gasteiger partial charge in [0.05, 0.1) is 0 Å². The van der Waals surface area contributed by atoms with Crippen LogP contribution in [-0.4, -0.2) is 24.2 Å². The van der Waals surface area contributed by atoms with E-state index in [0.29, 0.717) is 12.1 Å². The van der Waals surface area contributed by atoms with Crippen LogP contribution in [0.5, 0.6) is 0 Å². The third-order valence-electron chi connectivity index (χ3n) is 2.99. The molecule has 0 aliphatic carbocycles. The maximum Gasteiger partial charge on any atom is 0.331 e. The van der Waals surface area contributed by atoms with Gasteiger partial charge in [-0.1, -0.05) is 12.1 Å². The summed E-state index contributed by atoms with van der Waals surface area (Å²) in [5, 5.41) is 8.75. The van der Waals surface area contributed by atoms with Gasteiger partial charge in [-0.15, -0.1) is 0 Å². The number of aliphatic carboxylic acids is 1. The number of carboxylic acid groups (broad SMARTS) is 1. The zero-order valence-corrected chi connectivity index (χ0v) is 9.61. The minimum atomic E-state index is -0.913. The maximum absolute atomic E-state index is 13.1. The first-order valence-corrected chi connectivity index (χ1v) is 5.51. The molecule has 0 bridgehead atoms. The first-order chi connectivity index (χ1) is 8.08. The third kappa shape index (κ3) is 2.46. The molecule has 1 aromatic rings. The molecule has 0 aromatic heterocycles. The van der Waals surface area contributed by atoms with Gasteiger partial charge in [0.1, 0.15) is 5.82 Å². The fourth-order valence-corrected chi connectivity index (χ4v) is 1.94. The Morgan fingerprint density at radius 3 is 3.06 bits per heavy atom. The number of halogens is 1. The lowest BCUT2D eigenvalue weighted by molar-refractivity contribution is -0.132. The van der Waals surface area contributed by atoms with Crippen LogP contribution >= 0.6 is 0 Å². The van der Waals surface area contributed by atoms with E-state index in [1.54, 1.807) is 19.1 Å². The zero-order valence-electron chi connectivity index (χ0n) is 9.61. The van der Waals surface area contributed by atoms with E-state index in [9.17, 15) is 9.18 Å². The molecule has 0 saturated carbocycles. The van der Waals surface area contributed by atoms with Crippen molar-refractivity contribution in [3.63, 3.8) is 0 Å². The lowest BCUT2D eigenvalue weighted by Crippen LogP contribution is -2.21. The Morgan fingerprint density at radius 2 is 2.35 bits per heavy atom. The average molecular weight is 235 g/mol. The lowest BCUT2D eigenvalue weighted by atomic mass is 10.2. The molecule has 1 heterocycles. The zero-order chi connectivity index (χ0) is 12.4. The molecule has 0 unspecified atom stereocenters. The molecule has 1 aliphatic heterocycles. The summed E-state index contributed by atoms with van der Waals surface area (Å²) in [5.74, 6) is -1.17. The van der Waals surface area contributed by atoms with Crippen LogP contribution in [0, 0.1) is 5.82 Å². The van der Waals surface area contributed by atoms with Crippen LogP contribution in [0.3, 0.4) is 0 Å². The van der Waals surface area contributed by atoms with E-state index in [-0.39, 0.29) is 5.82 Å². The quantitative estimate of drug-likeness (QED) is 0.817. The van der Waals surface area contributed by atoms with Crippen molar-refractivity contribution >= 4 is 11.7 Å². The van der Waals surface area contributed by atoms with Crippen molar-refractivity contribution in [2.75, 3.05) is 18.0 Å². The fourth-order valence-electron chi connectivity index (χ4n) is 1.94. The Bertz CT molecular complexity index is 482. The van der Waals surface area contributed by atoms with Crippen molar-refractivity contribution in [3.8, 4) is 0 Å². The highest BCUT2D eigenvalue weighted by atomic mass is 19.1. The second-order valence-electron chi connectivity index (χ2n) is 4.16. The number of benzene rings is 1. The summed E-state index contributed by atoms with van der Waals surface area (Å²) in [7, 11) is 0. The Hall–Kier alpha value is -1.84. The van der Waals surface area contributed by atoms with Gasteiger partial charge in [0.25, 0.3) is 0 Å². The van der Waals surface area contributed by atoms with E-state index in [1.807, 2.05) is 4.90 Å². The third-order valence-corrected chi connectivity index (χ3v) is 2.99. The normalized spacial score (nSPS) is 14.9. The van der Waals surface area contributed by atoms with Crippen LogP contribution in [0.4, 0.5) is 10.1 Å². The van der Waals surface area contributed by atoms with Crippen LogP contribution < -0.4 is 4.90 Å². The molecule has 0 atom stereocenters. The smallest absolute Gasteiger partial charge is 0.331 e. The molecule has 17 heavy (non-hydrogen) atoms. The number of hydrogen-bond acceptors (Lipinski definition) is 2. The fraction of sp³-hybridized carbons (Fsp3) is 0.308. The van der Waals surface area contributed by atoms with Gasteiger partial charge in [-0.3, -0.25) is 0 Å². The minimum Gasteiger partial charge on any atom is -0.478 e. The monoisotopic (exact) mass is 235 g/mol. The van der Waals surface area contributed by atoms with Crippen LogP contribution in [-0.2, 0) is 11.2 Å². The van der Waals surface area contributed by atoms with Gasteiger partial charge >= 0.3 is 5.97 Å². The van der Waals surface area contributed by atoms with Gasteiger partial charge < -0.3 is 10.0 Å². The van der Waals surface area contributed by atoms with Gasteiger partial charge in [-0.2, -0.15) is 0 Å². The van der Waals surface area contributed by atoms with Crippen molar-refractivity contribution in [1.29, 1.82) is 0 Å². The molecule has 1 aliphatic rings. The molecule has 1 N–H and O–H groups in total. The van der Waals surface area contributed by atoms with Gasteiger partial charge in [-0.25, -0.2) is 9.18 Å². The molecule has 0 fully saturated rings. The van der Waals surface area contributed by atoms with Gasteiger partial charge in [0.15, 0.2) is 0 Å². The van der Waals surface area contributed by atoms with Crippen molar-refractivity contribution < 1.29 is 14.3 Å². The Kier molecular flexibility index (Phi) is 3.13. The summed E-state index contributed by atoms with van der Waals surface area (Å²) in [6.45, 7) is 2.88. The van der Waals surface area contributed by atoms with Crippen molar-refractivity contribution in [2.45, 2.75) is 13.3 Å². The summed E-state index contributed by atoms with van der Waals surface area (Å²) in [6, 6.07) is 4.76. The van der Waals surface area contributed by atoms with E-state index in [1.165, 1.54) is 12.1 Å². The predicted octanol–water partition coefficient (Wildman–Crippen LogP) is 2.22. The van der Waals surface area contributed by atoms with Crippen molar-refractivity contribution in [3.05, 3.63) is 41.2 Å². The summed E-state index contributed by atoms with van der Waals surface area (Å²) in [6.07, 6.45) is 2.54. The minimum absolute atomic E-state index is 0.255. The van der Waals surface area contributed by atoms with Crippen LogP contribution in [0.2, 0.25) is 0 Å². The van der Waals surface area contributed by atoms with Gasteiger partial charge in [-0.05, 0) is 31.0 Å². The second kappa shape index (κ2) is 4.57. The highest BCUT2D eigenvalue weighted by molar-refractivity contribution is 5.85. The van der Waals surface area contributed by atoms with Crippen molar-refractivity contribution in [2.24, 2.45) is 0 Å². The molecule has 0 spiro atoms. The summed E-state index contributed by atoms with van der Waals surface area (Å²) in [4.78, 5) is 12.6. The topological polar surface area (TPSA) is 40.5 Å². The van der Waals surface area contributed by atoms with Gasteiger partial charge in [0, 0.05) is 24.4 Å². The Morgan fingerprint density at radius 1 is 1.59 bits per heavy atom. The number of rotatable bonds is 3. The van der Waals surface area contributed by atoms with E-state index < -0.39 is 5.97 Å². The number of nitrogens with zero attached hydrogens (tertiary/aromatic N) is 1. The van der Waals surface area contributed by atoms with E-state index in [0.717, 1.165) is 24.2 Å². The maximum atomic E-state index is 13.1. The second-order valence-corrected chi connectivity index (χ2v) is 4.16. The molecular weight excluding hydrogens is 221 g/mol. The van der Waals surface area contributed by atoms with Crippen LogP contribution in [0.25, 0.3) is 0 Å². The predicted molar refractivity (Wildman–Crippen MR) is 63.7 cm³/mol. The van der Waals surface area contributed by atoms with Crippen molar-refractivity contribution in [1.82, 2.24) is 0 Å². The van der Waals surface area contributed by atoms with Crippen LogP contribution in [0.15, 0.2) is 29.8 Å². The highest BCUT2D eigenvalue weighted by Gasteiger charge is 2.18. The summed E-state index contributed by atoms with van der Waals surface area (Å²) < 4.78 is 13.1. The van der Waals surface area contributed by atoms with E-state index in [2.05, 4.69) is 0 Å². The number of anilines is 1. The number of carboxylic acids is 1. The number of carbonyl (C=O) groups is 1. The molecule has 1 aromatic carbocycles. The molecule has 4 heteroatoms. The average Bonchev–Trinajstić information content (AvgIpc) is 2.68. The van der Waals surface area contributed by atoms with E-state index >= 15 is 0 Å². The lowest BCUT2D eigenvalue weighted by Gasteiger charge is -2.17. The number of hydrogen-bond donors (Lipinski definition) is 1. The largest absolute Gasteiger partial charge is 0.478 e. The molecule has 90 valence electrons. The Labute approximate surface area is 99.2 Å². The highest BCUT2D eigenvalue weighted by Crippen LogP contribution is 2.28. The SMILES string of the molecule is C/C(=C/CN1CCc2ccc(F)cc21)C(=O)O. The van der Waals surface area contributed by atoms with Crippen LogP contribution in [0.1, 0.15) is 12.5 Å². The molecule has 2 rings (SSSR count). The standard InChI is InChI=1S/C13H14FNO2/c1-9(13(16)17)4-6-15-7-5-10-2-3-11(14)8-12(10)15/h2-4,8H,5-7H2,1H3,(H,16,17)/b9-4-.